The van der Waals surface area contributed by atoms with Crippen molar-refractivity contribution in [1.82, 2.24) is 4.90 Å². The number of rotatable bonds is 5. The van der Waals surface area contributed by atoms with Crippen molar-refractivity contribution in [2.45, 2.75) is 41.0 Å². The molecule has 0 spiro atoms. The normalized spacial score (nSPS) is 19.8. The molecule has 0 bridgehead atoms. The summed E-state index contributed by atoms with van der Waals surface area (Å²) in [4.78, 5) is 26.1. The van der Waals surface area contributed by atoms with Crippen LogP contribution < -0.4 is 0 Å². The number of Topliss-reactive ketones (excluding diaryl/α,β-unsaturated/α-hetero) is 1. The maximum absolute atomic E-state index is 12.2. The van der Waals surface area contributed by atoms with Gasteiger partial charge in [-0.3, -0.25) is 14.5 Å². The Bertz CT molecular complexity index is 334. The van der Waals surface area contributed by atoms with Gasteiger partial charge in [-0.05, 0) is 39.2 Å². The van der Waals surface area contributed by atoms with E-state index in [2.05, 4.69) is 18.7 Å². The number of carbonyl (C=O) groups is 2. The van der Waals surface area contributed by atoms with Crippen LogP contribution in [0.15, 0.2) is 0 Å². The van der Waals surface area contributed by atoms with Gasteiger partial charge in [-0.1, -0.05) is 13.8 Å². The van der Waals surface area contributed by atoms with Gasteiger partial charge in [0.25, 0.3) is 0 Å². The van der Waals surface area contributed by atoms with Crippen molar-refractivity contribution >= 4 is 11.8 Å². The topological polar surface area (TPSA) is 46.6 Å². The molecule has 0 N–H and O–H groups in total. The predicted molar refractivity (Wildman–Crippen MR) is 70.3 cm³/mol. The fourth-order valence-corrected chi connectivity index (χ4v) is 2.19. The molecule has 0 unspecified atom stereocenters. The van der Waals surface area contributed by atoms with Gasteiger partial charge in [-0.25, -0.2) is 0 Å². The molecular formula is C14H25NO3. The summed E-state index contributed by atoms with van der Waals surface area (Å²) in [5, 5.41) is 0. The van der Waals surface area contributed by atoms with Crippen LogP contribution in [0.25, 0.3) is 0 Å². The molecule has 1 rings (SSSR count). The van der Waals surface area contributed by atoms with Crippen molar-refractivity contribution in [3.8, 4) is 0 Å². The highest BCUT2D eigenvalue weighted by Gasteiger charge is 2.39. The average molecular weight is 255 g/mol. The average Bonchev–Trinajstić information content (AvgIpc) is 2.58. The second-order valence-corrected chi connectivity index (χ2v) is 6.39. The van der Waals surface area contributed by atoms with Crippen molar-refractivity contribution in [2.75, 3.05) is 26.2 Å². The van der Waals surface area contributed by atoms with E-state index in [1.54, 1.807) is 20.8 Å². The van der Waals surface area contributed by atoms with E-state index in [1.165, 1.54) is 0 Å². The largest absolute Gasteiger partial charge is 0.465 e. The van der Waals surface area contributed by atoms with Gasteiger partial charge < -0.3 is 4.74 Å². The summed E-state index contributed by atoms with van der Waals surface area (Å²) in [6.45, 7) is 11.9. The molecule has 1 fully saturated rings. The van der Waals surface area contributed by atoms with Crippen LogP contribution in [0.3, 0.4) is 0 Å². The fraction of sp³-hybridized carbons (Fsp3) is 0.857. The maximum Gasteiger partial charge on any atom is 0.319 e. The lowest BCUT2D eigenvalue weighted by Gasteiger charge is -2.25. The third-order valence-electron chi connectivity index (χ3n) is 3.61. The molecule has 104 valence electrons. The number of likely N-dealkylation sites (tertiary alicyclic amines) is 1. The Morgan fingerprint density at radius 3 is 2.39 bits per heavy atom. The first kappa shape index (κ1) is 15.2. The Kier molecular flexibility index (Phi) is 4.54. The summed E-state index contributed by atoms with van der Waals surface area (Å²) < 4.78 is 4.95. The molecule has 1 heterocycles. The summed E-state index contributed by atoms with van der Waals surface area (Å²) in [5.74, 6) is -0.480. The van der Waals surface area contributed by atoms with Crippen LogP contribution in [0.1, 0.15) is 41.0 Å². The molecule has 4 heteroatoms. The summed E-state index contributed by atoms with van der Waals surface area (Å²) in [6.07, 6.45) is 1.10. The maximum atomic E-state index is 12.2. The van der Waals surface area contributed by atoms with Gasteiger partial charge >= 0.3 is 5.97 Å². The van der Waals surface area contributed by atoms with E-state index in [0.29, 0.717) is 13.2 Å². The molecule has 4 nitrogen and oxygen atoms in total. The summed E-state index contributed by atoms with van der Waals surface area (Å²) >= 11 is 0. The van der Waals surface area contributed by atoms with Gasteiger partial charge in [-0.15, -0.1) is 0 Å². The lowest BCUT2D eigenvalue weighted by molar-refractivity contribution is -0.158. The third kappa shape index (κ3) is 3.55. The lowest BCUT2D eigenvalue weighted by Crippen LogP contribution is -2.42. The van der Waals surface area contributed by atoms with E-state index in [0.717, 1.165) is 19.5 Å². The molecule has 0 radical (unpaired) electrons. The van der Waals surface area contributed by atoms with E-state index in [4.69, 9.17) is 4.74 Å². The molecule has 18 heavy (non-hydrogen) atoms. The van der Waals surface area contributed by atoms with Crippen molar-refractivity contribution in [3.05, 3.63) is 0 Å². The van der Waals surface area contributed by atoms with Crippen LogP contribution in [-0.4, -0.2) is 42.9 Å². The first-order valence-corrected chi connectivity index (χ1v) is 6.62. The Labute approximate surface area is 110 Å². The molecule has 0 amide bonds. The number of hydrogen-bond donors (Lipinski definition) is 0. The van der Waals surface area contributed by atoms with Crippen molar-refractivity contribution < 1.29 is 14.3 Å². The molecular weight excluding hydrogens is 230 g/mol. The minimum Gasteiger partial charge on any atom is -0.465 e. The monoisotopic (exact) mass is 255 g/mol. The highest BCUT2D eigenvalue weighted by atomic mass is 16.5. The second kappa shape index (κ2) is 5.39. The highest BCUT2D eigenvalue weighted by molar-refractivity contribution is 6.03. The van der Waals surface area contributed by atoms with Gasteiger partial charge in [0, 0.05) is 6.54 Å². The zero-order chi connectivity index (χ0) is 14.0. The molecule has 1 aliphatic heterocycles. The van der Waals surface area contributed by atoms with E-state index >= 15 is 0 Å². The molecule has 1 aliphatic rings. The predicted octanol–water partition coefficient (Wildman–Crippen LogP) is 1.88. The number of ketones is 1. The van der Waals surface area contributed by atoms with Crippen LogP contribution >= 0.6 is 0 Å². The molecule has 0 aromatic heterocycles. The summed E-state index contributed by atoms with van der Waals surface area (Å²) in [5.41, 5.74) is -0.767. The molecule has 0 aromatic rings. The van der Waals surface area contributed by atoms with Crippen molar-refractivity contribution in [1.29, 1.82) is 0 Å². The Morgan fingerprint density at radius 2 is 1.94 bits per heavy atom. The number of ether oxygens (including phenoxy) is 1. The zero-order valence-corrected chi connectivity index (χ0v) is 12.2. The Morgan fingerprint density at radius 1 is 1.33 bits per heavy atom. The molecule has 0 atom stereocenters. The number of esters is 1. The van der Waals surface area contributed by atoms with Crippen molar-refractivity contribution in [2.24, 2.45) is 10.8 Å². The van der Waals surface area contributed by atoms with Crippen LogP contribution in [0.5, 0.6) is 0 Å². The minimum atomic E-state index is -1.04. The molecule has 1 saturated heterocycles. The molecule has 0 saturated carbocycles. The van der Waals surface area contributed by atoms with E-state index in [-0.39, 0.29) is 11.2 Å². The van der Waals surface area contributed by atoms with Gasteiger partial charge in [0.05, 0.1) is 13.2 Å². The molecule has 0 aliphatic carbocycles. The first-order valence-electron chi connectivity index (χ1n) is 6.62. The lowest BCUT2D eigenvalue weighted by atomic mass is 9.87. The quantitative estimate of drug-likeness (QED) is 0.556. The number of hydrogen-bond acceptors (Lipinski definition) is 4. The van der Waals surface area contributed by atoms with Crippen LogP contribution in [0.4, 0.5) is 0 Å². The SMILES string of the molecule is CCOC(=O)C(C)(C)C(=O)CN1CCC(C)(C)C1. The van der Waals surface area contributed by atoms with Crippen molar-refractivity contribution in [3.63, 3.8) is 0 Å². The summed E-state index contributed by atoms with van der Waals surface area (Å²) in [6, 6.07) is 0. The Hall–Kier alpha value is -0.900. The van der Waals surface area contributed by atoms with E-state index in [9.17, 15) is 9.59 Å². The first-order chi connectivity index (χ1) is 8.19. The van der Waals surface area contributed by atoms with Crippen LogP contribution in [0.2, 0.25) is 0 Å². The van der Waals surface area contributed by atoms with Gasteiger partial charge in [0.2, 0.25) is 0 Å². The Balaban J connectivity index is 2.57. The second-order valence-electron chi connectivity index (χ2n) is 6.39. The van der Waals surface area contributed by atoms with E-state index < -0.39 is 11.4 Å². The van der Waals surface area contributed by atoms with Crippen LogP contribution in [0, 0.1) is 10.8 Å². The standard InChI is InChI=1S/C14H25NO3/c1-6-18-12(17)14(4,5)11(16)9-15-8-7-13(2,3)10-15/h6-10H2,1-5H3. The number of carbonyl (C=O) groups excluding carboxylic acids is 2. The van der Waals surface area contributed by atoms with Gasteiger partial charge in [0.15, 0.2) is 5.78 Å². The van der Waals surface area contributed by atoms with Gasteiger partial charge in [-0.2, -0.15) is 0 Å². The number of nitrogens with zero attached hydrogens (tertiary/aromatic N) is 1. The van der Waals surface area contributed by atoms with E-state index in [1.807, 2.05) is 0 Å². The third-order valence-corrected chi connectivity index (χ3v) is 3.61. The highest BCUT2D eigenvalue weighted by Crippen LogP contribution is 2.29. The van der Waals surface area contributed by atoms with Crippen LogP contribution in [-0.2, 0) is 14.3 Å². The zero-order valence-electron chi connectivity index (χ0n) is 12.2. The molecule has 0 aromatic carbocycles. The summed E-state index contributed by atoms with van der Waals surface area (Å²) in [7, 11) is 0. The minimum absolute atomic E-state index is 0.0568. The fourth-order valence-electron chi connectivity index (χ4n) is 2.19. The van der Waals surface area contributed by atoms with Gasteiger partial charge in [0.1, 0.15) is 5.41 Å². The smallest absolute Gasteiger partial charge is 0.319 e.